The van der Waals surface area contributed by atoms with Crippen molar-refractivity contribution < 1.29 is 4.42 Å². The number of hydrogen-bond acceptors (Lipinski definition) is 2. The zero-order valence-electron chi connectivity index (χ0n) is 37.2. The number of nitrogens with zero attached hydrogens (tertiary/aromatic N) is 1. The van der Waals surface area contributed by atoms with E-state index in [-0.39, 0.29) is 0 Å². The Kier molecular flexibility index (Phi) is 9.54. The van der Waals surface area contributed by atoms with Gasteiger partial charge in [-0.05, 0) is 143 Å². The van der Waals surface area contributed by atoms with Crippen molar-refractivity contribution in [2.24, 2.45) is 0 Å². The molecule has 13 rings (SSSR count). The van der Waals surface area contributed by atoms with Gasteiger partial charge in [0.05, 0.1) is 5.69 Å². The second-order valence-electron chi connectivity index (χ2n) is 17.6. The lowest BCUT2D eigenvalue weighted by molar-refractivity contribution is 0.669. The maximum Gasteiger partial charge on any atom is 0.136 e. The molecule has 0 fully saturated rings. The number of para-hydroxylation sites is 1. The Labute approximate surface area is 395 Å². The van der Waals surface area contributed by atoms with Gasteiger partial charge >= 0.3 is 0 Å². The lowest BCUT2D eigenvalue weighted by Crippen LogP contribution is -2.11. The van der Waals surface area contributed by atoms with Gasteiger partial charge in [-0.3, -0.25) is 0 Å². The second-order valence-corrected chi connectivity index (χ2v) is 17.6. The van der Waals surface area contributed by atoms with Gasteiger partial charge < -0.3 is 9.32 Å². The Balaban J connectivity index is 0.970. The fraction of sp³-hybridized carbons (Fsp3) is 0. The van der Waals surface area contributed by atoms with Crippen molar-refractivity contribution in [3.63, 3.8) is 0 Å². The van der Waals surface area contributed by atoms with E-state index in [0.717, 1.165) is 72.4 Å². The first-order chi connectivity index (χ1) is 33.7. The van der Waals surface area contributed by atoms with Gasteiger partial charge in [-0.2, -0.15) is 0 Å². The summed E-state index contributed by atoms with van der Waals surface area (Å²) in [6, 6.07) is 94.7. The quantitative estimate of drug-likeness (QED) is 0.142. The first-order valence-corrected chi connectivity index (χ1v) is 23.3. The van der Waals surface area contributed by atoms with Crippen molar-refractivity contribution in [3.8, 4) is 55.6 Å². The molecule has 0 unspecified atom stereocenters. The zero-order valence-corrected chi connectivity index (χ0v) is 37.2. The van der Waals surface area contributed by atoms with E-state index in [1.54, 1.807) is 0 Å². The molecule has 0 N–H and O–H groups in total. The summed E-state index contributed by atoms with van der Waals surface area (Å²) < 4.78 is 6.32. The zero-order chi connectivity index (χ0) is 45.0. The van der Waals surface area contributed by atoms with Crippen LogP contribution >= 0.6 is 0 Å². The summed E-state index contributed by atoms with van der Waals surface area (Å²) in [5.74, 6) is 0. The van der Waals surface area contributed by atoms with Gasteiger partial charge in [0.25, 0.3) is 0 Å². The van der Waals surface area contributed by atoms with E-state index in [2.05, 4.69) is 254 Å². The molecule has 0 saturated heterocycles. The molecule has 1 aromatic heterocycles. The molecule has 2 heteroatoms. The van der Waals surface area contributed by atoms with Gasteiger partial charge in [-0.1, -0.05) is 200 Å². The topological polar surface area (TPSA) is 16.4 Å². The molecule has 0 atom stereocenters. The standard InChI is InChI=1S/C66H43NO/c1-2-14-47(15-3-1)58-38-33-52(63-41-51-17-5-7-22-57(51)59-23-8-9-24-60(59)63)42-64(58)67(54-36-30-45(31-37-54)49-32-39-62-61-25-10-11-27-65(61)68-66(62)43-49)53-34-28-44(29-35-53)48-19-12-20-50(40-48)56-26-13-18-46-16-4-6-21-55(46)56/h1-43H. The molecule has 0 aliphatic heterocycles. The number of anilines is 3. The third kappa shape index (κ3) is 6.90. The average molecular weight is 866 g/mol. The van der Waals surface area contributed by atoms with Crippen LogP contribution in [0.15, 0.2) is 265 Å². The maximum absolute atomic E-state index is 6.32. The molecule has 0 bridgehead atoms. The molecule has 2 nitrogen and oxygen atoms in total. The van der Waals surface area contributed by atoms with Gasteiger partial charge in [0.2, 0.25) is 0 Å². The number of rotatable bonds is 8. The Bertz CT molecular complexity index is 4010. The van der Waals surface area contributed by atoms with E-state index in [1.807, 2.05) is 12.1 Å². The summed E-state index contributed by atoms with van der Waals surface area (Å²) >= 11 is 0. The largest absolute Gasteiger partial charge is 0.456 e. The Morgan fingerprint density at radius 3 is 1.54 bits per heavy atom. The summed E-state index contributed by atoms with van der Waals surface area (Å²) in [4.78, 5) is 2.43. The van der Waals surface area contributed by atoms with Crippen molar-refractivity contribution >= 4 is 71.3 Å². The van der Waals surface area contributed by atoms with Crippen LogP contribution in [-0.4, -0.2) is 0 Å². The highest BCUT2D eigenvalue weighted by Gasteiger charge is 2.21. The molecule has 318 valence electrons. The second kappa shape index (κ2) is 16.5. The molecule has 0 amide bonds. The third-order valence-electron chi connectivity index (χ3n) is 13.7. The number of hydrogen-bond donors (Lipinski definition) is 0. The summed E-state index contributed by atoms with van der Waals surface area (Å²) in [6.07, 6.45) is 0. The fourth-order valence-corrected chi connectivity index (χ4v) is 10.3. The van der Waals surface area contributed by atoms with Gasteiger partial charge in [-0.15, -0.1) is 0 Å². The van der Waals surface area contributed by atoms with Crippen molar-refractivity contribution in [1.82, 2.24) is 0 Å². The molecule has 0 saturated carbocycles. The maximum atomic E-state index is 6.32. The van der Waals surface area contributed by atoms with Gasteiger partial charge in [0.1, 0.15) is 11.2 Å². The molecule has 0 radical (unpaired) electrons. The summed E-state index contributed by atoms with van der Waals surface area (Å²) in [7, 11) is 0. The van der Waals surface area contributed by atoms with E-state index >= 15 is 0 Å². The highest BCUT2D eigenvalue weighted by atomic mass is 16.3. The smallest absolute Gasteiger partial charge is 0.136 e. The molecule has 68 heavy (non-hydrogen) atoms. The lowest BCUT2D eigenvalue weighted by Gasteiger charge is -2.29. The van der Waals surface area contributed by atoms with Crippen LogP contribution in [0, 0.1) is 0 Å². The van der Waals surface area contributed by atoms with Gasteiger partial charge in [-0.25, -0.2) is 0 Å². The molecular formula is C66H43NO. The lowest BCUT2D eigenvalue weighted by atomic mass is 9.91. The van der Waals surface area contributed by atoms with Crippen LogP contribution in [0.4, 0.5) is 17.1 Å². The predicted molar refractivity (Wildman–Crippen MR) is 288 cm³/mol. The summed E-state index contributed by atoms with van der Waals surface area (Å²) in [5.41, 5.74) is 16.7. The Hall–Kier alpha value is -8.98. The van der Waals surface area contributed by atoms with Crippen LogP contribution in [0.25, 0.3) is 110 Å². The highest BCUT2D eigenvalue weighted by molar-refractivity contribution is 6.14. The molecule has 0 aliphatic rings. The minimum absolute atomic E-state index is 0.891. The SMILES string of the molecule is c1ccc(-c2ccc(-c3cc4ccccc4c4ccccc34)cc2N(c2ccc(-c3cccc(-c4cccc5ccccc45)c3)cc2)c2ccc(-c3ccc4c(c3)oc3ccccc34)cc2)cc1. The molecule has 0 aliphatic carbocycles. The average Bonchev–Trinajstić information content (AvgIpc) is 3.79. The van der Waals surface area contributed by atoms with E-state index in [0.29, 0.717) is 0 Å². The van der Waals surface area contributed by atoms with Crippen molar-refractivity contribution in [3.05, 3.63) is 261 Å². The normalized spacial score (nSPS) is 11.5. The van der Waals surface area contributed by atoms with Crippen molar-refractivity contribution in [1.29, 1.82) is 0 Å². The van der Waals surface area contributed by atoms with Crippen LogP contribution in [0.5, 0.6) is 0 Å². The highest BCUT2D eigenvalue weighted by Crippen LogP contribution is 2.46. The molecule has 12 aromatic carbocycles. The minimum atomic E-state index is 0.891. The Morgan fingerprint density at radius 2 is 0.765 bits per heavy atom. The van der Waals surface area contributed by atoms with Crippen LogP contribution in [0.1, 0.15) is 0 Å². The van der Waals surface area contributed by atoms with E-state index in [1.165, 1.54) is 54.6 Å². The van der Waals surface area contributed by atoms with Crippen LogP contribution in [0.2, 0.25) is 0 Å². The molecule has 13 aromatic rings. The number of fused-ring (bicyclic) bond motifs is 7. The Morgan fingerprint density at radius 1 is 0.235 bits per heavy atom. The van der Waals surface area contributed by atoms with Crippen LogP contribution in [0.3, 0.4) is 0 Å². The van der Waals surface area contributed by atoms with Crippen molar-refractivity contribution in [2.45, 2.75) is 0 Å². The monoisotopic (exact) mass is 865 g/mol. The third-order valence-corrected chi connectivity index (χ3v) is 13.7. The van der Waals surface area contributed by atoms with E-state index in [4.69, 9.17) is 4.42 Å². The first kappa shape index (κ1) is 39.4. The minimum Gasteiger partial charge on any atom is -0.456 e. The van der Waals surface area contributed by atoms with Crippen LogP contribution < -0.4 is 4.90 Å². The number of furan rings is 1. The van der Waals surface area contributed by atoms with Crippen molar-refractivity contribution in [2.75, 3.05) is 4.90 Å². The van der Waals surface area contributed by atoms with E-state index in [9.17, 15) is 0 Å². The van der Waals surface area contributed by atoms with Gasteiger partial charge in [0.15, 0.2) is 0 Å². The summed E-state index contributed by atoms with van der Waals surface area (Å²) in [6.45, 7) is 0. The fourth-order valence-electron chi connectivity index (χ4n) is 10.3. The summed E-state index contributed by atoms with van der Waals surface area (Å²) in [5, 5.41) is 9.74. The molecular weight excluding hydrogens is 823 g/mol. The first-order valence-electron chi connectivity index (χ1n) is 23.3. The van der Waals surface area contributed by atoms with Gasteiger partial charge in [0, 0.05) is 27.7 Å². The van der Waals surface area contributed by atoms with Crippen LogP contribution in [-0.2, 0) is 0 Å². The van der Waals surface area contributed by atoms with E-state index < -0.39 is 0 Å². The predicted octanol–water partition coefficient (Wildman–Crippen LogP) is 18.9. The molecule has 0 spiro atoms. The molecule has 1 heterocycles. The number of benzene rings is 12.